The molecule has 1 unspecified atom stereocenters. The number of benzene rings is 2. The largest absolute Gasteiger partial charge is 0.310 e. The van der Waals surface area contributed by atoms with Crippen molar-refractivity contribution in [2.75, 3.05) is 5.32 Å². The van der Waals surface area contributed by atoms with Gasteiger partial charge in [-0.15, -0.1) is 0 Å². The highest BCUT2D eigenvalue weighted by atomic mass is 16.2. The Labute approximate surface area is 147 Å². The number of hydrogen-bond donors (Lipinski definition) is 1. The summed E-state index contributed by atoms with van der Waals surface area (Å²) in [5, 5.41) is 2.99. The van der Waals surface area contributed by atoms with Crippen LogP contribution < -0.4 is 5.32 Å². The molecule has 124 valence electrons. The molecular weight excluding hydrogens is 308 g/mol. The fourth-order valence-electron chi connectivity index (χ4n) is 3.68. The van der Waals surface area contributed by atoms with Gasteiger partial charge < -0.3 is 5.32 Å². The fourth-order valence-corrected chi connectivity index (χ4v) is 3.68. The molecular formula is C22H20N2O. The van der Waals surface area contributed by atoms with Crippen LogP contribution in [-0.4, -0.2) is 10.9 Å². The van der Waals surface area contributed by atoms with E-state index >= 15 is 0 Å². The van der Waals surface area contributed by atoms with Crippen molar-refractivity contribution >= 4 is 11.7 Å². The van der Waals surface area contributed by atoms with Gasteiger partial charge >= 0.3 is 0 Å². The fraction of sp³-hybridized carbons (Fsp3) is 0.182. The van der Waals surface area contributed by atoms with Gasteiger partial charge in [0.1, 0.15) is 5.82 Å². The third-order valence-electron chi connectivity index (χ3n) is 4.99. The van der Waals surface area contributed by atoms with Crippen molar-refractivity contribution < 1.29 is 4.79 Å². The second kappa shape index (κ2) is 6.17. The predicted molar refractivity (Wildman–Crippen MR) is 99.4 cm³/mol. The number of anilines is 1. The van der Waals surface area contributed by atoms with Crippen molar-refractivity contribution in [3.63, 3.8) is 0 Å². The van der Waals surface area contributed by atoms with E-state index in [0.29, 0.717) is 5.82 Å². The summed E-state index contributed by atoms with van der Waals surface area (Å²) in [7, 11) is 0. The van der Waals surface area contributed by atoms with Gasteiger partial charge in [0.05, 0.1) is 5.92 Å². The Hall–Kier alpha value is -2.94. The quantitative estimate of drug-likeness (QED) is 0.774. The summed E-state index contributed by atoms with van der Waals surface area (Å²) < 4.78 is 0. The van der Waals surface area contributed by atoms with E-state index in [1.165, 1.54) is 11.1 Å². The van der Waals surface area contributed by atoms with Gasteiger partial charge in [0.25, 0.3) is 0 Å². The number of hydrogen-bond acceptors (Lipinski definition) is 2. The molecule has 1 atom stereocenters. The van der Waals surface area contributed by atoms with Crippen molar-refractivity contribution in [1.82, 2.24) is 4.98 Å². The summed E-state index contributed by atoms with van der Waals surface area (Å²) >= 11 is 0. The molecule has 1 aromatic heterocycles. The number of carbonyl (C=O) groups is 1. The van der Waals surface area contributed by atoms with Crippen LogP contribution in [0.4, 0.5) is 5.82 Å². The number of nitrogens with one attached hydrogen (secondary N) is 1. The minimum absolute atomic E-state index is 0.0332. The van der Waals surface area contributed by atoms with Crippen molar-refractivity contribution in [3.8, 4) is 0 Å². The molecule has 1 aliphatic carbocycles. The van der Waals surface area contributed by atoms with Gasteiger partial charge in [-0.1, -0.05) is 66.7 Å². The van der Waals surface area contributed by atoms with Gasteiger partial charge in [-0.3, -0.25) is 4.79 Å². The second-order valence-electron chi connectivity index (χ2n) is 6.61. The molecule has 3 heteroatoms. The van der Waals surface area contributed by atoms with Crippen molar-refractivity contribution in [2.45, 2.75) is 18.8 Å². The third-order valence-corrected chi connectivity index (χ3v) is 4.99. The third kappa shape index (κ3) is 2.82. The molecule has 1 fully saturated rings. The van der Waals surface area contributed by atoms with E-state index in [9.17, 15) is 4.79 Å². The van der Waals surface area contributed by atoms with E-state index in [1.807, 2.05) is 61.5 Å². The molecule has 0 aliphatic heterocycles. The Bertz CT molecular complexity index is 851. The SMILES string of the molecule is Cc1cccc(NC(=O)C2CC2(c2ccccc2)c2ccccc2)n1. The lowest BCUT2D eigenvalue weighted by Crippen LogP contribution is -2.22. The van der Waals surface area contributed by atoms with Gasteiger partial charge in [0.15, 0.2) is 0 Å². The minimum atomic E-state index is -0.240. The Morgan fingerprint density at radius 2 is 1.52 bits per heavy atom. The zero-order valence-electron chi connectivity index (χ0n) is 14.1. The van der Waals surface area contributed by atoms with Crippen LogP contribution in [0.5, 0.6) is 0 Å². The zero-order valence-corrected chi connectivity index (χ0v) is 14.1. The topological polar surface area (TPSA) is 42.0 Å². The molecule has 1 saturated carbocycles. The molecule has 4 rings (SSSR count). The predicted octanol–water partition coefficient (Wildman–Crippen LogP) is 4.33. The highest BCUT2D eigenvalue weighted by molar-refractivity contribution is 5.96. The molecule has 3 nitrogen and oxygen atoms in total. The van der Waals surface area contributed by atoms with E-state index in [0.717, 1.165) is 12.1 Å². The van der Waals surface area contributed by atoms with E-state index < -0.39 is 0 Å². The van der Waals surface area contributed by atoms with E-state index in [4.69, 9.17) is 0 Å². The number of nitrogens with zero attached hydrogens (tertiary/aromatic N) is 1. The average molecular weight is 328 g/mol. The number of aromatic nitrogens is 1. The Balaban J connectivity index is 1.65. The first kappa shape index (κ1) is 15.6. The van der Waals surface area contributed by atoms with Crippen LogP contribution in [0.25, 0.3) is 0 Å². The molecule has 25 heavy (non-hydrogen) atoms. The molecule has 1 heterocycles. The summed E-state index contributed by atoms with van der Waals surface area (Å²) in [6, 6.07) is 26.3. The standard InChI is InChI=1S/C22H20N2O/c1-16-9-8-14-20(23-16)24-21(25)19-15-22(19,17-10-4-2-5-11-17)18-12-6-3-7-13-18/h2-14,19H,15H2,1H3,(H,23,24,25). The molecule has 0 radical (unpaired) electrons. The number of rotatable bonds is 4. The van der Waals surface area contributed by atoms with E-state index in [-0.39, 0.29) is 17.2 Å². The number of amides is 1. The second-order valence-corrected chi connectivity index (χ2v) is 6.61. The summed E-state index contributed by atoms with van der Waals surface area (Å²) in [5.41, 5.74) is 3.04. The lowest BCUT2D eigenvalue weighted by atomic mass is 9.85. The van der Waals surface area contributed by atoms with Crippen LogP contribution in [0.2, 0.25) is 0 Å². The van der Waals surface area contributed by atoms with Crippen LogP contribution in [0.1, 0.15) is 23.2 Å². The molecule has 3 aromatic rings. The monoisotopic (exact) mass is 328 g/mol. The maximum absolute atomic E-state index is 12.9. The normalized spacial score (nSPS) is 17.7. The molecule has 1 N–H and O–H groups in total. The zero-order chi connectivity index (χ0) is 17.3. The van der Waals surface area contributed by atoms with Crippen molar-refractivity contribution in [3.05, 3.63) is 95.7 Å². The lowest BCUT2D eigenvalue weighted by molar-refractivity contribution is -0.117. The van der Waals surface area contributed by atoms with Crippen LogP contribution >= 0.6 is 0 Å². The maximum atomic E-state index is 12.9. The lowest BCUT2D eigenvalue weighted by Gasteiger charge is -2.19. The molecule has 0 saturated heterocycles. The van der Waals surface area contributed by atoms with Crippen LogP contribution in [0, 0.1) is 12.8 Å². The highest BCUT2D eigenvalue weighted by Crippen LogP contribution is 2.59. The molecule has 0 spiro atoms. The summed E-state index contributed by atoms with van der Waals surface area (Å²) in [6.07, 6.45) is 0.818. The van der Waals surface area contributed by atoms with Crippen molar-refractivity contribution in [1.29, 1.82) is 0 Å². The average Bonchev–Trinajstić information content (AvgIpc) is 3.40. The molecule has 0 bridgehead atoms. The minimum Gasteiger partial charge on any atom is -0.310 e. The smallest absolute Gasteiger partial charge is 0.229 e. The Morgan fingerprint density at radius 1 is 0.920 bits per heavy atom. The molecule has 1 amide bonds. The van der Waals surface area contributed by atoms with E-state index in [1.54, 1.807) is 0 Å². The maximum Gasteiger partial charge on any atom is 0.229 e. The van der Waals surface area contributed by atoms with Crippen LogP contribution in [0.15, 0.2) is 78.9 Å². The first-order valence-electron chi connectivity index (χ1n) is 8.56. The Kier molecular flexibility index (Phi) is 3.85. The summed E-state index contributed by atoms with van der Waals surface area (Å²) in [6.45, 7) is 1.92. The van der Waals surface area contributed by atoms with Crippen molar-refractivity contribution in [2.24, 2.45) is 5.92 Å². The summed E-state index contributed by atoms with van der Waals surface area (Å²) in [5.74, 6) is 0.567. The Morgan fingerprint density at radius 3 is 2.08 bits per heavy atom. The molecule has 1 aliphatic rings. The molecule has 2 aromatic carbocycles. The summed E-state index contributed by atoms with van der Waals surface area (Å²) in [4.78, 5) is 17.3. The van der Waals surface area contributed by atoms with Crippen LogP contribution in [0.3, 0.4) is 0 Å². The first-order chi connectivity index (χ1) is 12.2. The number of aryl methyl sites for hydroxylation is 1. The number of pyridine rings is 1. The van der Waals surface area contributed by atoms with E-state index in [2.05, 4.69) is 34.6 Å². The highest BCUT2D eigenvalue weighted by Gasteiger charge is 2.60. The van der Waals surface area contributed by atoms with Gasteiger partial charge in [-0.05, 0) is 36.6 Å². The van der Waals surface area contributed by atoms with Gasteiger partial charge in [0, 0.05) is 11.1 Å². The van der Waals surface area contributed by atoms with Gasteiger partial charge in [-0.25, -0.2) is 4.98 Å². The van der Waals surface area contributed by atoms with Gasteiger partial charge in [0.2, 0.25) is 5.91 Å². The van der Waals surface area contributed by atoms with Crippen LogP contribution in [-0.2, 0) is 10.2 Å². The number of carbonyl (C=O) groups excluding carboxylic acids is 1. The van der Waals surface area contributed by atoms with Gasteiger partial charge in [-0.2, -0.15) is 0 Å². The first-order valence-corrected chi connectivity index (χ1v) is 8.56.